The lowest BCUT2D eigenvalue weighted by Gasteiger charge is -2.06. The molecule has 2 aromatic rings. The van der Waals surface area contributed by atoms with E-state index in [1.807, 2.05) is 26.1 Å². The normalized spacial score (nSPS) is 11.1. The Labute approximate surface area is 88.9 Å². The smallest absolute Gasteiger partial charge is 0.122 e. The van der Waals surface area contributed by atoms with Crippen molar-refractivity contribution < 1.29 is 5.11 Å². The second-order valence-electron chi connectivity index (χ2n) is 3.94. The van der Waals surface area contributed by atoms with Gasteiger partial charge in [0.05, 0.1) is 0 Å². The summed E-state index contributed by atoms with van der Waals surface area (Å²) in [6.45, 7) is 4.48. The first-order chi connectivity index (χ1) is 7.15. The molecule has 0 aliphatic heterocycles. The van der Waals surface area contributed by atoms with Crippen LogP contribution in [0, 0.1) is 13.8 Å². The highest BCUT2D eigenvalue weighted by Gasteiger charge is 2.11. The molecule has 0 radical (unpaired) electrons. The van der Waals surface area contributed by atoms with E-state index in [0.717, 1.165) is 28.5 Å². The maximum absolute atomic E-state index is 9.87. The summed E-state index contributed by atoms with van der Waals surface area (Å²) in [6, 6.07) is 1.97. The highest BCUT2D eigenvalue weighted by molar-refractivity contribution is 5.89. The van der Waals surface area contributed by atoms with Crippen molar-refractivity contribution in [2.45, 2.75) is 20.3 Å². The molecule has 0 unspecified atom stereocenters. The van der Waals surface area contributed by atoms with E-state index in [-0.39, 0.29) is 0 Å². The van der Waals surface area contributed by atoms with Gasteiger partial charge in [0.25, 0.3) is 0 Å². The van der Waals surface area contributed by atoms with E-state index in [0.29, 0.717) is 12.3 Å². The van der Waals surface area contributed by atoms with E-state index in [1.165, 1.54) is 5.56 Å². The Balaban J connectivity index is 2.74. The molecule has 1 heterocycles. The second-order valence-corrected chi connectivity index (χ2v) is 3.94. The maximum atomic E-state index is 9.87. The summed E-state index contributed by atoms with van der Waals surface area (Å²) in [7, 11) is 0. The SMILES string of the molecule is Cc1cc2[nH]cc(CCN)c2c(C)c1O. The summed E-state index contributed by atoms with van der Waals surface area (Å²) in [5, 5.41) is 11.0. The zero-order valence-corrected chi connectivity index (χ0v) is 9.09. The van der Waals surface area contributed by atoms with Crippen molar-refractivity contribution in [1.82, 2.24) is 4.98 Å². The summed E-state index contributed by atoms with van der Waals surface area (Å²) in [5.41, 5.74) is 9.65. The van der Waals surface area contributed by atoms with Gasteiger partial charge in [-0.05, 0) is 44.0 Å². The van der Waals surface area contributed by atoms with Gasteiger partial charge in [-0.15, -0.1) is 0 Å². The lowest BCUT2D eigenvalue weighted by atomic mass is 10.0. The summed E-state index contributed by atoms with van der Waals surface area (Å²) < 4.78 is 0. The Hall–Kier alpha value is -1.48. The van der Waals surface area contributed by atoms with Crippen molar-refractivity contribution in [3.05, 3.63) is 29.0 Å². The lowest BCUT2D eigenvalue weighted by molar-refractivity contribution is 0.468. The van der Waals surface area contributed by atoms with Gasteiger partial charge in [0.15, 0.2) is 0 Å². The highest BCUT2D eigenvalue weighted by Crippen LogP contribution is 2.31. The predicted octanol–water partition coefficient (Wildman–Crippen LogP) is 1.99. The molecular weight excluding hydrogens is 188 g/mol. The average Bonchev–Trinajstić information content (AvgIpc) is 2.59. The molecule has 3 nitrogen and oxygen atoms in total. The molecule has 0 saturated heterocycles. The fraction of sp³-hybridized carbons (Fsp3) is 0.333. The minimum atomic E-state index is 0.389. The third-order valence-electron chi connectivity index (χ3n) is 2.87. The number of nitrogens with two attached hydrogens (primary N) is 1. The first kappa shape index (κ1) is 10.1. The van der Waals surface area contributed by atoms with Gasteiger partial charge in [-0.2, -0.15) is 0 Å². The van der Waals surface area contributed by atoms with Gasteiger partial charge in [0.1, 0.15) is 5.75 Å². The van der Waals surface area contributed by atoms with Crippen LogP contribution in [0.2, 0.25) is 0 Å². The molecule has 0 amide bonds. The van der Waals surface area contributed by atoms with Crippen LogP contribution in [0.5, 0.6) is 5.75 Å². The average molecular weight is 204 g/mol. The number of benzene rings is 1. The highest BCUT2D eigenvalue weighted by atomic mass is 16.3. The van der Waals surface area contributed by atoms with Crippen LogP contribution < -0.4 is 5.73 Å². The third kappa shape index (κ3) is 1.49. The first-order valence-corrected chi connectivity index (χ1v) is 5.14. The molecule has 0 bridgehead atoms. The van der Waals surface area contributed by atoms with Gasteiger partial charge in [0.2, 0.25) is 0 Å². The van der Waals surface area contributed by atoms with Crippen LogP contribution >= 0.6 is 0 Å². The zero-order valence-electron chi connectivity index (χ0n) is 9.09. The quantitative estimate of drug-likeness (QED) is 0.700. The Kier molecular flexibility index (Phi) is 2.40. The van der Waals surface area contributed by atoms with Crippen LogP contribution in [-0.4, -0.2) is 16.6 Å². The molecule has 0 fully saturated rings. The summed E-state index contributed by atoms with van der Waals surface area (Å²) in [4.78, 5) is 3.22. The topological polar surface area (TPSA) is 62.0 Å². The van der Waals surface area contributed by atoms with E-state index < -0.39 is 0 Å². The van der Waals surface area contributed by atoms with Crippen LogP contribution in [0.1, 0.15) is 16.7 Å². The van der Waals surface area contributed by atoms with Crippen molar-refractivity contribution in [3.8, 4) is 5.75 Å². The molecule has 1 aromatic carbocycles. The van der Waals surface area contributed by atoms with E-state index in [1.54, 1.807) is 0 Å². The van der Waals surface area contributed by atoms with Crippen molar-refractivity contribution >= 4 is 10.9 Å². The Bertz CT molecular complexity index is 500. The van der Waals surface area contributed by atoms with E-state index >= 15 is 0 Å². The fourth-order valence-corrected chi connectivity index (χ4v) is 2.09. The molecule has 15 heavy (non-hydrogen) atoms. The lowest BCUT2D eigenvalue weighted by Crippen LogP contribution is -2.02. The molecule has 2 rings (SSSR count). The van der Waals surface area contributed by atoms with Crippen LogP contribution in [0.4, 0.5) is 0 Å². The van der Waals surface area contributed by atoms with Gasteiger partial charge in [0, 0.05) is 22.7 Å². The minimum absolute atomic E-state index is 0.389. The third-order valence-corrected chi connectivity index (χ3v) is 2.87. The van der Waals surface area contributed by atoms with Crippen LogP contribution in [-0.2, 0) is 6.42 Å². The number of hydrogen-bond donors (Lipinski definition) is 3. The van der Waals surface area contributed by atoms with Crippen LogP contribution in [0.15, 0.2) is 12.3 Å². The summed E-state index contributed by atoms with van der Waals surface area (Å²) in [5.74, 6) is 0.389. The molecule has 0 spiro atoms. The Morgan fingerprint density at radius 1 is 1.40 bits per heavy atom. The molecule has 0 aliphatic carbocycles. The molecular formula is C12H16N2O. The van der Waals surface area contributed by atoms with Gasteiger partial charge >= 0.3 is 0 Å². The molecule has 4 N–H and O–H groups in total. The number of hydrogen-bond acceptors (Lipinski definition) is 2. The molecule has 3 heteroatoms. The minimum Gasteiger partial charge on any atom is -0.507 e. The summed E-state index contributed by atoms with van der Waals surface area (Å²) in [6.07, 6.45) is 2.81. The second kappa shape index (κ2) is 3.59. The number of rotatable bonds is 2. The van der Waals surface area contributed by atoms with E-state index in [2.05, 4.69) is 4.98 Å². The molecule has 0 atom stereocenters. The van der Waals surface area contributed by atoms with Gasteiger partial charge in [-0.1, -0.05) is 0 Å². The number of phenolic OH excluding ortho intramolecular Hbond substituents is 1. The Morgan fingerprint density at radius 3 is 2.80 bits per heavy atom. The van der Waals surface area contributed by atoms with Crippen molar-refractivity contribution in [2.75, 3.05) is 6.54 Å². The number of phenols is 1. The number of fused-ring (bicyclic) bond motifs is 1. The number of aryl methyl sites for hydroxylation is 2. The van der Waals surface area contributed by atoms with Gasteiger partial charge in [-0.3, -0.25) is 0 Å². The van der Waals surface area contributed by atoms with Gasteiger partial charge in [-0.25, -0.2) is 0 Å². The monoisotopic (exact) mass is 204 g/mol. The molecule has 80 valence electrons. The Morgan fingerprint density at radius 2 is 2.13 bits per heavy atom. The zero-order chi connectivity index (χ0) is 11.0. The number of aromatic hydroxyl groups is 1. The predicted molar refractivity (Wildman–Crippen MR) is 62.2 cm³/mol. The standard InChI is InChI=1S/C12H16N2O/c1-7-5-10-11(8(2)12(7)15)9(3-4-13)6-14-10/h5-6,14-15H,3-4,13H2,1-2H3. The summed E-state index contributed by atoms with van der Waals surface area (Å²) >= 11 is 0. The van der Waals surface area contributed by atoms with Crippen LogP contribution in [0.25, 0.3) is 10.9 Å². The van der Waals surface area contributed by atoms with Gasteiger partial charge < -0.3 is 15.8 Å². The van der Waals surface area contributed by atoms with Crippen molar-refractivity contribution in [1.29, 1.82) is 0 Å². The fourth-order valence-electron chi connectivity index (χ4n) is 2.09. The number of aromatic amines is 1. The maximum Gasteiger partial charge on any atom is 0.122 e. The van der Waals surface area contributed by atoms with Crippen molar-refractivity contribution in [3.63, 3.8) is 0 Å². The number of H-pyrrole nitrogens is 1. The van der Waals surface area contributed by atoms with E-state index in [4.69, 9.17) is 5.73 Å². The van der Waals surface area contributed by atoms with Crippen molar-refractivity contribution in [2.24, 2.45) is 5.73 Å². The molecule has 0 saturated carbocycles. The number of nitrogens with one attached hydrogen (secondary N) is 1. The number of aromatic nitrogens is 1. The first-order valence-electron chi connectivity index (χ1n) is 5.14. The molecule has 1 aromatic heterocycles. The van der Waals surface area contributed by atoms with Crippen LogP contribution in [0.3, 0.4) is 0 Å². The molecule has 0 aliphatic rings. The van der Waals surface area contributed by atoms with E-state index in [9.17, 15) is 5.11 Å². The largest absolute Gasteiger partial charge is 0.507 e.